The van der Waals surface area contributed by atoms with Crippen LogP contribution in [0.5, 0.6) is 0 Å². The summed E-state index contributed by atoms with van der Waals surface area (Å²) in [6.07, 6.45) is 1.79. The van der Waals surface area contributed by atoms with Gasteiger partial charge in [-0.2, -0.15) is 5.10 Å². The molecule has 1 aliphatic heterocycles. The van der Waals surface area contributed by atoms with Crippen molar-refractivity contribution in [2.24, 2.45) is 7.05 Å². The van der Waals surface area contributed by atoms with Gasteiger partial charge in [0, 0.05) is 19.8 Å². The molecule has 1 saturated heterocycles. The number of nitrogens with zero attached hydrogens (tertiary/aromatic N) is 2. The minimum Gasteiger partial charge on any atom is -0.378 e. The number of anilines is 1. The van der Waals surface area contributed by atoms with E-state index in [9.17, 15) is 4.79 Å². The van der Waals surface area contributed by atoms with E-state index < -0.39 is 0 Å². The fourth-order valence-corrected chi connectivity index (χ4v) is 1.68. The topological polar surface area (TPSA) is 68.2 Å². The van der Waals surface area contributed by atoms with Crippen LogP contribution in [0.2, 0.25) is 0 Å². The number of hydrogen-bond donors (Lipinski definition) is 2. The van der Waals surface area contributed by atoms with Crippen LogP contribution in [-0.2, 0) is 16.6 Å². The van der Waals surface area contributed by atoms with Crippen LogP contribution in [0, 0.1) is 6.92 Å². The van der Waals surface area contributed by atoms with Crippen LogP contribution in [0.15, 0.2) is 6.20 Å². The van der Waals surface area contributed by atoms with Crippen molar-refractivity contribution in [1.29, 1.82) is 0 Å². The Morgan fingerprint density at radius 2 is 2.56 bits per heavy atom. The molecule has 1 aromatic rings. The Balaban J connectivity index is 1.98. The maximum Gasteiger partial charge on any atom is 0.243 e. The van der Waals surface area contributed by atoms with Gasteiger partial charge in [-0.05, 0) is 6.92 Å². The van der Waals surface area contributed by atoms with Gasteiger partial charge in [-0.25, -0.2) is 0 Å². The minimum absolute atomic E-state index is 0.0733. The second kappa shape index (κ2) is 4.63. The molecule has 0 saturated carbocycles. The van der Waals surface area contributed by atoms with E-state index in [2.05, 4.69) is 15.7 Å². The fraction of sp³-hybridized carbons (Fsp3) is 0.600. The van der Waals surface area contributed by atoms with Crippen molar-refractivity contribution in [2.75, 3.05) is 25.1 Å². The summed E-state index contributed by atoms with van der Waals surface area (Å²) in [5, 5.41) is 10.1. The van der Waals surface area contributed by atoms with E-state index in [1.54, 1.807) is 10.9 Å². The smallest absolute Gasteiger partial charge is 0.243 e. The van der Waals surface area contributed by atoms with Gasteiger partial charge in [0.15, 0.2) is 0 Å². The molecule has 1 aliphatic rings. The molecule has 0 radical (unpaired) electrons. The summed E-state index contributed by atoms with van der Waals surface area (Å²) in [7, 11) is 1.82. The number of aryl methyl sites for hydroxylation is 2. The molecule has 1 unspecified atom stereocenters. The highest BCUT2D eigenvalue weighted by Crippen LogP contribution is 2.11. The summed E-state index contributed by atoms with van der Waals surface area (Å²) < 4.78 is 6.91. The molecule has 2 heterocycles. The quantitative estimate of drug-likeness (QED) is 0.721. The Morgan fingerprint density at radius 3 is 3.12 bits per heavy atom. The van der Waals surface area contributed by atoms with E-state index in [-0.39, 0.29) is 11.9 Å². The average Bonchev–Trinajstić information content (AvgIpc) is 2.59. The number of carbonyl (C=O) groups is 1. The molecular formula is C10H16N4O2. The molecule has 1 fully saturated rings. The second-order valence-electron chi connectivity index (χ2n) is 3.87. The first kappa shape index (κ1) is 11.1. The molecule has 0 spiro atoms. The van der Waals surface area contributed by atoms with Crippen LogP contribution in [0.4, 0.5) is 5.69 Å². The lowest BCUT2D eigenvalue weighted by molar-refractivity contribution is -0.120. The number of nitrogens with one attached hydrogen (secondary N) is 2. The van der Waals surface area contributed by atoms with E-state index in [1.165, 1.54) is 0 Å². The summed E-state index contributed by atoms with van der Waals surface area (Å²) in [4.78, 5) is 11.8. The molecule has 16 heavy (non-hydrogen) atoms. The Morgan fingerprint density at radius 1 is 1.75 bits per heavy atom. The first-order valence-electron chi connectivity index (χ1n) is 5.29. The maximum absolute atomic E-state index is 11.8. The van der Waals surface area contributed by atoms with Crippen molar-refractivity contribution >= 4 is 11.6 Å². The molecule has 2 N–H and O–H groups in total. The van der Waals surface area contributed by atoms with Crippen LogP contribution >= 0.6 is 0 Å². The molecule has 6 nitrogen and oxygen atoms in total. The predicted molar refractivity (Wildman–Crippen MR) is 59.2 cm³/mol. The molecule has 0 bridgehead atoms. The zero-order valence-electron chi connectivity index (χ0n) is 9.49. The maximum atomic E-state index is 11.8. The van der Waals surface area contributed by atoms with E-state index in [1.807, 2.05) is 14.0 Å². The molecule has 0 aliphatic carbocycles. The molecular weight excluding hydrogens is 208 g/mol. The van der Waals surface area contributed by atoms with Gasteiger partial charge in [0.25, 0.3) is 0 Å². The van der Waals surface area contributed by atoms with Gasteiger partial charge < -0.3 is 15.4 Å². The third-order valence-electron chi connectivity index (χ3n) is 2.51. The fourth-order valence-electron chi connectivity index (χ4n) is 1.68. The summed E-state index contributed by atoms with van der Waals surface area (Å²) in [5.41, 5.74) is 1.56. The Kier molecular flexibility index (Phi) is 3.21. The van der Waals surface area contributed by atoms with Crippen LogP contribution in [0.25, 0.3) is 0 Å². The van der Waals surface area contributed by atoms with Gasteiger partial charge in [-0.1, -0.05) is 0 Å². The molecule has 1 aromatic heterocycles. The summed E-state index contributed by atoms with van der Waals surface area (Å²) >= 11 is 0. The van der Waals surface area contributed by atoms with Gasteiger partial charge in [-0.3, -0.25) is 9.48 Å². The third kappa shape index (κ3) is 2.40. The molecule has 2 rings (SSSR count). The van der Waals surface area contributed by atoms with Gasteiger partial charge in [-0.15, -0.1) is 0 Å². The van der Waals surface area contributed by atoms with Gasteiger partial charge in [0.2, 0.25) is 5.91 Å². The minimum atomic E-state index is -0.270. The van der Waals surface area contributed by atoms with Crippen molar-refractivity contribution < 1.29 is 9.53 Å². The zero-order valence-corrected chi connectivity index (χ0v) is 9.49. The lowest BCUT2D eigenvalue weighted by Gasteiger charge is -2.22. The summed E-state index contributed by atoms with van der Waals surface area (Å²) in [6, 6.07) is -0.270. The molecule has 0 aromatic carbocycles. The van der Waals surface area contributed by atoms with Crippen LogP contribution < -0.4 is 10.6 Å². The normalized spacial score (nSPS) is 20.8. The monoisotopic (exact) mass is 224 g/mol. The lowest BCUT2D eigenvalue weighted by Crippen LogP contribution is -2.48. The van der Waals surface area contributed by atoms with E-state index in [4.69, 9.17) is 4.74 Å². The molecule has 1 atom stereocenters. The lowest BCUT2D eigenvalue weighted by atomic mass is 10.2. The van der Waals surface area contributed by atoms with E-state index >= 15 is 0 Å². The highest BCUT2D eigenvalue weighted by molar-refractivity contribution is 5.95. The summed E-state index contributed by atoms with van der Waals surface area (Å²) in [6.45, 7) is 3.66. The number of hydrogen-bond acceptors (Lipinski definition) is 4. The van der Waals surface area contributed by atoms with Gasteiger partial charge in [0.1, 0.15) is 6.04 Å². The number of morpholine rings is 1. The first-order chi connectivity index (χ1) is 7.66. The largest absolute Gasteiger partial charge is 0.378 e. The number of amides is 1. The molecule has 6 heteroatoms. The highest BCUT2D eigenvalue weighted by Gasteiger charge is 2.21. The van der Waals surface area contributed by atoms with Crippen molar-refractivity contribution in [3.8, 4) is 0 Å². The van der Waals surface area contributed by atoms with E-state index in [0.29, 0.717) is 19.8 Å². The Hall–Kier alpha value is -1.40. The average molecular weight is 224 g/mol. The van der Waals surface area contributed by atoms with Crippen molar-refractivity contribution in [2.45, 2.75) is 13.0 Å². The van der Waals surface area contributed by atoms with Gasteiger partial charge in [0.05, 0.1) is 24.6 Å². The number of aromatic nitrogens is 2. The third-order valence-corrected chi connectivity index (χ3v) is 2.51. The number of rotatable bonds is 2. The Bertz CT molecular complexity index is 382. The first-order valence-corrected chi connectivity index (χ1v) is 5.29. The highest BCUT2D eigenvalue weighted by atomic mass is 16.5. The summed E-state index contributed by atoms with van der Waals surface area (Å²) in [5.74, 6) is -0.0733. The second-order valence-corrected chi connectivity index (χ2v) is 3.87. The van der Waals surface area contributed by atoms with Crippen LogP contribution in [0.3, 0.4) is 0 Å². The standard InChI is InChI=1S/C10H16N4O2/c1-7-8(5-14(2)13-7)12-10(15)9-6-16-4-3-11-9/h5,9,11H,3-4,6H2,1-2H3,(H,12,15). The van der Waals surface area contributed by atoms with Gasteiger partial charge >= 0.3 is 0 Å². The SMILES string of the molecule is Cc1nn(C)cc1NC(=O)C1COCCN1. The zero-order chi connectivity index (χ0) is 11.5. The Labute approximate surface area is 94.0 Å². The number of ether oxygens (including phenoxy) is 1. The number of carbonyl (C=O) groups excluding carboxylic acids is 1. The molecule has 88 valence electrons. The van der Waals surface area contributed by atoms with Crippen molar-refractivity contribution in [3.63, 3.8) is 0 Å². The van der Waals surface area contributed by atoms with E-state index in [0.717, 1.165) is 11.4 Å². The van der Waals surface area contributed by atoms with Crippen molar-refractivity contribution in [1.82, 2.24) is 15.1 Å². The molecule has 1 amide bonds. The van der Waals surface area contributed by atoms with Crippen molar-refractivity contribution in [3.05, 3.63) is 11.9 Å². The predicted octanol–water partition coefficient (Wildman–Crippen LogP) is -0.345. The van der Waals surface area contributed by atoms with Crippen LogP contribution in [-0.4, -0.2) is 41.5 Å². The van der Waals surface area contributed by atoms with Crippen LogP contribution in [0.1, 0.15) is 5.69 Å².